The van der Waals surface area contributed by atoms with Gasteiger partial charge >= 0.3 is 5.97 Å². The molecule has 2 aliphatic rings. The number of carbonyl (C=O) groups is 3. The van der Waals surface area contributed by atoms with Crippen molar-refractivity contribution in [2.75, 3.05) is 6.61 Å². The summed E-state index contributed by atoms with van der Waals surface area (Å²) in [6, 6.07) is 10.4. The molecule has 156 valence electrons. The molecule has 0 aromatic heterocycles. The van der Waals surface area contributed by atoms with Crippen LogP contribution in [0.1, 0.15) is 57.4 Å². The average Bonchev–Trinajstić information content (AvgIpc) is 3.04. The third kappa shape index (κ3) is 5.78. The van der Waals surface area contributed by atoms with Crippen molar-refractivity contribution in [3.8, 4) is 0 Å². The van der Waals surface area contributed by atoms with E-state index < -0.39 is 0 Å². The van der Waals surface area contributed by atoms with Gasteiger partial charge in [0.25, 0.3) is 0 Å². The van der Waals surface area contributed by atoms with Gasteiger partial charge in [-0.1, -0.05) is 35.9 Å². The van der Waals surface area contributed by atoms with Crippen LogP contribution in [0.5, 0.6) is 0 Å². The Morgan fingerprint density at radius 2 is 2.00 bits per heavy atom. The first-order valence-electron chi connectivity index (χ1n) is 10.7. The minimum Gasteiger partial charge on any atom is -0.466 e. The Balaban J connectivity index is 1.63. The standard InChI is InChI=1S/C24H31NO4/c1-2-29-24(28)16-21-14-19(8-9-20(21)12-13-26)15-22-10-11-23(27)25(22)17-18-6-4-3-5-7-18/h3-7,12-13,19,21-22H,2,8-11,14-17H2,1H3. The van der Waals surface area contributed by atoms with Gasteiger partial charge in [-0.3, -0.25) is 14.4 Å². The molecule has 5 heteroatoms. The van der Waals surface area contributed by atoms with Crippen LogP contribution in [0.25, 0.3) is 0 Å². The molecule has 0 radical (unpaired) electrons. The molecule has 0 bridgehead atoms. The Morgan fingerprint density at radius 3 is 2.72 bits per heavy atom. The number of likely N-dealkylation sites (tertiary alicyclic amines) is 1. The van der Waals surface area contributed by atoms with E-state index in [2.05, 4.69) is 12.1 Å². The van der Waals surface area contributed by atoms with Crippen LogP contribution < -0.4 is 0 Å². The first kappa shape index (κ1) is 21.3. The highest BCUT2D eigenvalue weighted by molar-refractivity contribution is 5.78. The van der Waals surface area contributed by atoms with Crippen LogP contribution in [-0.2, 0) is 25.7 Å². The molecule has 1 saturated heterocycles. The number of nitrogens with zero attached hydrogens (tertiary/aromatic N) is 1. The summed E-state index contributed by atoms with van der Waals surface area (Å²) >= 11 is 0. The molecule has 1 heterocycles. The molecule has 1 amide bonds. The van der Waals surface area contributed by atoms with E-state index in [0.29, 0.717) is 31.9 Å². The van der Waals surface area contributed by atoms with Crippen molar-refractivity contribution in [3.05, 3.63) is 47.5 Å². The van der Waals surface area contributed by atoms with Gasteiger partial charge in [-0.15, -0.1) is 0 Å². The summed E-state index contributed by atoms with van der Waals surface area (Å²) in [4.78, 5) is 37.5. The Morgan fingerprint density at radius 1 is 1.21 bits per heavy atom. The highest BCUT2D eigenvalue weighted by Gasteiger charge is 2.35. The first-order valence-corrected chi connectivity index (χ1v) is 10.7. The van der Waals surface area contributed by atoms with Crippen molar-refractivity contribution in [1.29, 1.82) is 0 Å². The van der Waals surface area contributed by atoms with Crippen LogP contribution in [0.4, 0.5) is 0 Å². The van der Waals surface area contributed by atoms with E-state index in [1.807, 2.05) is 30.0 Å². The average molecular weight is 398 g/mol. The second kappa shape index (κ2) is 10.4. The predicted molar refractivity (Wildman–Crippen MR) is 111 cm³/mol. The van der Waals surface area contributed by atoms with Gasteiger partial charge in [-0.25, -0.2) is 0 Å². The van der Waals surface area contributed by atoms with Crippen LogP contribution >= 0.6 is 0 Å². The van der Waals surface area contributed by atoms with Crippen LogP contribution in [0, 0.1) is 11.8 Å². The van der Waals surface area contributed by atoms with Crippen molar-refractivity contribution in [2.24, 2.45) is 11.8 Å². The molecule has 1 aromatic rings. The van der Waals surface area contributed by atoms with E-state index in [-0.39, 0.29) is 23.8 Å². The first-order chi connectivity index (χ1) is 14.1. The second-order valence-corrected chi connectivity index (χ2v) is 8.16. The third-order valence-electron chi connectivity index (χ3n) is 6.24. The number of allylic oxidation sites excluding steroid dienone is 2. The molecular formula is C24H31NO4. The van der Waals surface area contributed by atoms with Crippen LogP contribution in [0.3, 0.4) is 0 Å². The van der Waals surface area contributed by atoms with Gasteiger partial charge in [0.2, 0.25) is 5.91 Å². The molecule has 3 unspecified atom stereocenters. The van der Waals surface area contributed by atoms with Crippen molar-refractivity contribution in [3.63, 3.8) is 0 Å². The van der Waals surface area contributed by atoms with E-state index in [9.17, 15) is 14.4 Å². The number of aldehydes is 1. The van der Waals surface area contributed by atoms with Crippen LogP contribution in [0.15, 0.2) is 42.0 Å². The van der Waals surface area contributed by atoms with Gasteiger partial charge in [-0.2, -0.15) is 0 Å². The number of carbonyl (C=O) groups excluding carboxylic acids is 3. The molecule has 2 fully saturated rings. The number of rotatable bonds is 8. The fourth-order valence-electron chi connectivity index (χ4n) is 4.82. The number of amides is 1. The summed E-state index contributed by atoms with van der Waals surface area (Å²) in [5, 5.41) is 0. The van der Waals surface area contributed by atoms with Gasteiger partial charge in [0.1, 0.15) is 6.29 Å². The molecule has 3 atom stereocenters. The highest BCUT2D eigenvalue weighted by atomic mass is 16.5. The van der Waals surface area contributed by atoms with Gasteiger partial charge in [0, 0.05) is 19.0 Å². The fraction of sp³-hybridized carbons (Fsp3) is 0.542. The van der Waals surface area contributed by atoms with Crippen molar-refractivity contribution in [2.45, 2.75) is 64.5 Å². The zero-order valence-corrected chi connectivity index (χ0v) is 17.2. The summed E-state index contributed by atoms with van der Waals surface area (Å²) in [6.45, 7) is 2.85. The normalized spacial score (nSPS) is 26.0. The number of hydrogen-bond donors (Lipinski definition) is 0. The van der Waals surface area contributed by atoms with Crippen molar-refractivity contribution >= 4 is 18.2 Å². The maximum Gasteiger partial charge on any atom is 0.306 e. The summed E-state index contributed by atoms with van der Waals surface area (Å²) < 4.78 is 5.13. The predicted octanol–water partition coefficient (Wildman–Crippen LogP) is 4.06. The van der Waals surface area contributed by atoms with Gasteiger partial charge in [0.15, 0.2) is 0 Å². The number of esters is 1. The van der Waals surface area contributed by atoms with Crippen molar-refractivity contribution < 1.29 is 19.1 Å². The molecule has 1 saturated carbocycles. The summed E-state index contributed by atoms with van der Waals surface area (Å²) in [6.07, 6.45) is 7.99. The fourth-order valence-corrected chi connectivity index (χ4v) is 4.82. The van der Waals surface area contributed by atoms with Gasteiger partial charge in [-0.05, 0) is 62.5 Å². The van der Waals surface area contributed by atoms with E-state index in [0.717, 1.165) is 49.5 Å². The SMILES string of the molecule is CCOC(=O)CC1CC(CC2CCC(=O)N2Cc2ccccc2)CCC1=CC=O. The summed E-state index contributed by atoms with van der Waals surface area (Å²) in [7, 11) is 0. The molecule has 1 aliphatic heterocycles. The Hall–Kier alpha value is -2.43. The quantitative estimate of drug-likeness (QED) is 0.377. The minimum atomic E-state index is -0.198. The molecule has 3 rings (SSSR count). The van der Waals surface area contributed by atoms with E-state index >= 15 is 0 Å². The topological polar surface area (TPSA) is 63.7 Å². The number of benzene rings is 1. The third-order valence-corrected chi connectivity index (χ3v) is 6.24. The molecule has 1 aromatic carbocycles. The molecule has 0 spiro atoms. The van der Waals surface area contributed by atoms with E-state index in [1.165, 1.54) is 0 Å². The summed E-state index contributed by atoms with van der Waals surface area (Å²) in [5.41, 5.74) is 2.22. The molecule has 29 heavy (non-hydrogen) atoms. The monoisotopic (exact) mass is 397 g/mol. The van der Waals surface area contributed by atoms with Gasteiger partial charge < -0.3 is 9.64 Å². The lowest BCUT2D eigenvalue weighted by Crippen LogP contribution is -2.35. The largest absolute Gasteiger partial charge is 0.466 e. The zero-order valence-electron chi connectivity index (χ0n) is 17.2. The minimum absolute atomic E-state index is 0.0673. The van der Waals surface area contributed by atoms with Crippen molar-refractivity contribution in [1.82, 2.24) is 4.90 Å². The molecule has 0 N–H and O–H groups in total. The molecular weight excluding hydrogens is 366 g/mol. The lowest BCUT2D eigenvalue weighted by molar-refractivity contribution is -0.144. The van der Waals surface area contributed by atoms with Crippen LogP contribution in [0.2, 0.25) is 0 Å². The van der Waals surface area contributed by atoms with Gasteiger partial charge in [0.05, 0.1) is 13.0 Å². The maximum absolute atomic E-state index is 12.5. The Bertz CT molecular complexity index is 743. The lowest BCUT2D eigenvalue weighted by Gasteiger charge is -2.34. The highest BCUT2D eigenvalue weighted by Crippen LogP contribution is 2.39. The summed E-state index contributed by atoms with van der Waals surface area (Å²) in [5.74, 6) is 0.557. The number of hydrogen-bond acceptors (Lipinski definition) is 4. The zero-order chi connectivity index (χ0) is 20.6. The smallest absolute Gasteiger partial charge is 0.306 e. The lowest BCUT2D eigenvalue weighted by atomic mass is 9.74. The van der Waals surface area contributed by atoms with Crippen LogP contribution in [-0.4, -0.2) is 35.7 Å². The Kier molecular flexibility index (Phi) is 7.62. The molecule has 5 nitrogen and oxygen atoms in total. The maximum atomic E-state index is 12.5. The second-order valence-electron chi connectivity index (χ2n) is 8.16. The van der Waals surface area contributed by atoms with E-state index in [1.54, 1.807) is 6.08 Å². The van der Waals surface area contributed by atoms with E-state index in [4.69, 9.17) is 4.74 Å². The molecule has 1 aliphatic carbocycles. The Labute approximate surface area is 173 Å². The number of ether oxygens (including phenoxy) is 1.